The van der Waals surface area contributed by atoms with Crippen molar-refractivity contribution in [2.24, 2.45) is 0 Å². The molecule has 0 aliphatic heterocycles. The molecule has 21 heavy (non-hydrogen) atoms. The average molecular weight is 309 g/mol. The van der Waals surface area contributed by atoms with Crippen LogP contribution in [0.3, 0.4) is 0 Å². The Bertz CT molecular complexity index is 445. The zero-order chi connectivity index (χ0) is 15.5. The van der Waals surface area contributed by atoms with Crippen LogP contribution in [0.4, 0.5) is 0 Å². The molecule has 0 saturated heterocycles. The summed E-state index contributed by atoms with van der Waals surface area (Å²) >= 11 is 1.69. The van der Waals surface area contributed by atoms with Crippen LogP contribution in [0.25, 0.3) is 0 Å². The van der Waals surface area contributed by atoms with Crippen LogP contribution in [-0.4, -0.2) is 31.8 Å². The lowest BCUT2D eigenvalue weighted by Crippen LogP contribution is -2.26. The third-order valence-electron chi connectivity index (χ3n) is 3.13. The van der Waals surface area contributed by atoms with Crippen LogP contribution in [0.1, 0.15) is 31.2 Å². The van der Waals surface area contributed by atoms with Crippen LogP contribution in [0.5, 0.6) is 0 Å². The van der Waals surface area contributed by atoms with Gasteiger partial charge in [-0.25, -0.2) is 0 Å². The molecule has 0 aromatic heterocycles. The SMILES string of the molecule is COC(=O)CCCCCNC(=O)Cc1ccc(SC)cc1. The minimum absolute atomic E-state index is 0.0415. The van der Waals surface area contributed by atoms with Crippen LogP contribution < -0.4 is 5.32 Å². The summed E-state index contributed by atoms with van der Waals surface area (Å²) < 4.78 is 4.57. The number of nitrogens with one attached hydrogen (secondary N) is 1. The third-order valence-corrected chi connectivity index (χ3v) is 3.87. The predicted octanol–water partition coefficient (Wildman–Crippen LogP) is 2.80. The van der Waals surface area contributed by atoms with Gasteiger partial charge in [-0.1, -0.05) is 18.6 Å². The van der Waals surface area contributed by atoms with Gasteiger partial charge >= 0.3 is 5.97 Å². The molecule has 0 radical (unpaired) electrons. The van der Waals surface area contributed by atoms with Gasteiger partial charge in [-0.3, -0.25) is 9.59 Å². The molecular formula is C16H23NO3S. The Hall–Kier alpha value is -1.49. The molecule has 116 valence electrons. The smallest absolute Gasteiger partial charge is 0.305 e. The van der Waals surface area contributed by atoms with E-state index in [0.29, 0.717) is 19.4 Å². The Morgan fingerprint density at radius 1 is 1.14 bits per heavy atom. The average Bonchev–Trinajstić information content (AvgIpc) is 2.51. The van der Waals surface area contributed by atoms with Gasteiger partial charge in [-0.05, 0) is 36.8 Å². The number of rotatable bonds is 9. The van der Waals surface area contributed by atoms with Crippen molar-refractivity contribution >= 4 is 23.6 Å². The van der Waals surface area contributed by atoms with Crippen molar-refractivity contribution in [3.8, 4) is 0 Å². The first-order chi connectivity index (χ1) is 10.2. The van der Waals surface area contributed by atoms with E-state index in [1.807, 2.05) is 30.5 Å². The number of ether oxygens (including phenoxy) is 1. The summed E-state index contributed by atoms with van der Waals surface area (Å²) in [5, 5.41) is 2.90. The summed E-state index contributed by atoms with van der Waals surface area (Å²) in [4.78, 5) is 23.9. The lowest BCUT2D eigenvalue weighted by molar-refractivity contribution is -0.140. The Morgan fingerprint density at radius 2 is 1.86 bits per heavy atom. The van der Waals surface area contributed by atoms with E-state index in [1.54, 1.807) is 11.8 Å². The Balaban J connectivity index is 2.12. The van der Waals surface area contributed by atoms with Crippen LogP contribution in [0, 0.1) is 0 Å². The normalized spacial score (nSPS) is 10.2. The Morgan fingerprint density at radius 3 is 2.48 bits per heavy atom. The van der Waals surface area contributed by atoms with Gasteiger partial charge in [0.05, 0.1) is 13.5 Å². The van der Waals surface area contributed by atoms with Crippen molar-refractivity contribution < 1.29 is 14.3 Å². The molecule has 0 saturated carbocycles. The van der Waals surface area contributed by atoms with E-state index < -0.39 is 0 Å². The lowest BCUT2D eigenvalue weighted by Gasteiger charge is -2.06. The van der Waals surface area contributed by atoms with Crippen LogP contribution in [-0.2, 0) is 20.7 Å². The summed E-state index contributed by atoms with van der Waals surface area (Å²) in [7, 11) is 1.40. The molecule has 4 nitrogen and oxygen atoms in total. The van der Waals surface area contributed by atoms with Crippen molar-refractivity contribution in [1.82, 2.24) is 5.32 Å². The first kappa shape index (κ1) is 17.6. The maximum atomic E-state index is 11.8. The van der Waals surface area contributed by atoms with Gasteiger partial charge in [0.2, 0.25) is 5.91 Å². The number of unbranched alkanes of at least 4 members (excludes halogenated alkanes) is 2. The molecular weight excluding hydrogens is 286 g/mol. The second-order valence-electron chi connectivity index (χ2n) is 4.76. The summed E-state index contributed by atoms with van der Waals surface area (Å²) in [6.07, 6.45) is 5.50. The monoisotopic (exact) mass is 309 g/mol. The van der Waals surface area contributed by atoms with Gasteiger partial charge in [-0.2, -0.15) is 0 Å². The molecule has 1 N–H and O–H groups in total. The fourth-order valence-electron chi connectivity index (χ4n) is 1.89. The molecule has 1 amide bonds. The standard InChI is InChI=1S/C16H23NO3S/c1-20-16(19)6-4-3-5-11-17-15(18)12-13-7-9-14(21-2)10-8-13/h7-10H,3-6,11-12H2,1-2H3,(H,17,18). The largest absolute Gasteiger partial charge is 0.469 e. The molecule has 0 atom stereocenters. The van der Waals surface area contributed by atoms with Gasteiger partial charge in [0.15, 0.2) is 0 Å². The van der Waals surface area contributed by atoms with E-state index in [4.69, 9.17) is 0 Å². The van der Waals surface area contributed by atoms with Gasteiger partial charge in [-0.15, -0.1) is 11.8 Å². The zero-order valence-electron chi connectivity index (χ0n) is 12.7. The first-order valence-electron chi connectivity index (χ1n) is 7.12. The number of thioether (sulfide) groups is 1. The second-order valence-corrected chi connectivity index (χ2v) is 5.64. The molecule has 5 heteroatoms. The molecule has 0 heterocycles. The van der Waals surface area contributed by atoms with Crippen molar-refractivity contribution in [2.75, 3.05) is 19.9 Å². The van der Waals surface area contributed by atoms with Crippen molar-refractivity contribution in [3.63, 3.8) is 0 Å². The molecule has 0 aliphatic carbocycles. The van der Waals surface area contributed by atoms with E-state index >= 15 is 0 Å². The highest BCUT2D eigenvalue weighted by Crippen LogP contribution is 2.15. The van der Waals surface area contributed by atoms with Crippen LogP contribution in [0.15, 0.2) is 29.2 Å². The Kier molecular flexibility index (Phi) is 8.59. The molecule has 0 aliphatic rings. The Labute approximate surface area is 130 Å². The third kappa shape index (κ3) is 7.75. The minimum Gasteiger partial charge on any atom is -0.469 e. The maximum absolute atomic E-state index is 11.8. The molecule has 1 rings (SSSR count). The fourth-order valence-corrected chi connectivity index (χ4v) is 2.30. The van der Waals surface area contributed by atoms with E-state index in [1.165, 1.54) is 12.0 Å². The maximum Gasteiger partial charge on any atom is 0.305 e. The minimum atomic E-state index is -0.173. The van der Waals surface area contributed by atoms with Gasteiger partial charge in [0.1, 0.15) is 0 Å². The predicted molar refractivity (Wildman–Crippen MR) is 85.4 cm³/mol. The number of benzene rings is 1. The summed E-state index contributed by atoms with van der Waals surface area (Å²) in [6.45, 7) is 0.656. The van der Waals surface area contributed by atoms with Gasteiger partial charge in [0.25, 0.3) is 0 Å². The number of methoxy groups -OCH3 is 1. The van der Waals surface area contributed by atoms with Crippen LogP contribution >= 0.6 is 11.8 Å². The molecule has 0 bridgehead atoms. The highest BCUT2D eigenvalue weighted by molar-refractivity contribution is 7.98. The van der Waals surface area contributed by atoms with Crippen molar-refractivity contribution in [1.29, 1.82) is 0 Å². The van der Waals surface area contributed by atoms with Crippen molar-refractivity contribution in [3.05, 3.63) is 29.8 Å². The molecule has 1 aromatic rings. The van der Waals surface area contributed by atoms with E-state index in [0.717, 1.165) is 24.8 Å². The van der Waals surface area contributed by atoms with E-state index in [2.05, 4.69) is 10.1 Å². The summed E-state index contributed by atoms with van der Waals surface area (Å²) in [5.74, 6) is -0.132. The zero-order valence-corrected chi connectivity index (χ0v) is 13.5. The fraction of sp³-hybridized carbons (Fsp3) is 0.500. The number of carbonyl (C=O) groups is 2. The molecule has 0 fully saturated rings. The number of hydrogen-bond acceptors (Lipinski definition) is 4. The van der Waals surface area contributed by atoms with Crippen molar-refractivity contribution in [2.45, 2.75) is 37.0 Å². The topological polar surface area (TPSA) is 55.4 Å². The molecule has 0 spiro atoms. The first-order valence-corrected chi connectivity index (χ1v) is 8.34. The number of esters is 1. The quantitative estimate of drug-likeness (QED) is 0.433. The van der Waals surface area contributed by atoms with Crippen LogP contribution in [0.2, 0.25) is 0 Å². The number of hydrogen-bond donors (Lipinski definition) is 1. The van der Waals surface area contributed by atoms with Gasteiger partial charge < -0.3 is 10.1 Å². The molecule has 1 aromatic carbocycles. The second kappa shape index (κ2) is 10.3. The lowest BCUT2D eigenvalue weighted by atomic mass is 10.1. The number of amides is 1. The number of carbonyl (C=O) groups excluding carboxylic acids is 2. The van der Waals surface area contributed by atoms with Gasteiger partial charge in [0, 0.05) is 17.9 Å². The van der Waals surface area contributed by atoms with E-state index in [9.17, 15) is 9.59 Å². The molecule has 0 unspecified atom stereocenters. The highest BCUT2D eigenvalue weighted by atomic mass is 32.2. The van der Waals surface area contributed by atoms with E-state index in [-0.39, 0.29) is 11.9 Å². The summed E-state index contributed by atoms with van der Waals surface area (Å²) in [6, 6.07) is 8.03. The highest BCUT2D eigenvalue weighted by Gasteiger charge is 2.03. The summed E-state index contributed by atoms with van der Waals surface area (Å²) in [5.41, 5.74) is 1.02.